The highest BCUT2D eigenvalue weighted by molar-refractivity contribution is 6.04. The average molecular weight is 331 g/mol. The summed E-state index contributed by atoms with van der Waals surface area (Å²) in [4.78, 5) is 3.49. The monoisotopic (exact) mass is 331 g/mol. The average Bonchev–Trinajstić information content (AvgIpc) is 2.64. The van der Waals surface area contributed by atoms with Gasteiger partial charge in [0.25, 0.3) is 5.84 Å². The van der Waals surface area contributed by atoms with Crippen LogP contribution >= 0.6 is 0 Å². The number of benzene rings is 3. The summed E-state index contributed by atoms with van der Waals surface area (Å²) in [6, 6.07) is 24.7. The molecule has 0 aromatic heterocycles. The van der Waals surface area contributed by atoms with Gasteiger partial charge in [0, 0.05) is 0 Å². The highest BCUT2D eigenvalue weighted by Gasteiger charge is 2.12. The zero-order valence-corrected chi connectivity index (χ0v) is 14.8. The summed E-state index contributed by atoms with van der Waals surface area (Å²) in [5, 5.41) is 3.48. The van der Waals surface area contributed by atoms with E-state index in [9.17, 15) is 0 Å². The van der Waals surface area contributed by atoms with Crippen molar-refractivity contribution in [2.75, 3.05) is 12.4 Å². The van der Waals surface area contributed by atoms with Crippen LogP contribution in [0.2, 0.25) is 0 Å². The zero-order chi connectivity index (χ0) is 17.6. The molecule has 3 heteroatoms. The summed E-state index contributed by atoms with van der Waals surface area (Å²) in [6.45, 7) is 4.18. The lowest BCUT2D eigenvalue weighted by molar-refractivity contribution is -0.352. The third kappa shape index (κ3) is 4.48. The number of rotatable bonds is 4. The van der Waals surface area contributed by atoms with Crippen LogP contribution in [-0.2, 0) is 0 Å². The Hall–Kier alpha value is -3.07. The van der Waals surface area contributed by atoms with E-state index in [1.54, 1.807) is 7.11 Å². The van der Waals surface area contributed by atoms with E-state index in [0.717, 1.165) is 28.5 Å². The Bertz CT molecular complexity index is 848. The summed E-state index contributed by atoms with van der Waals surface area (Å²) in [5.41, 5.74) is 5.62. The molecule has 0 aliphatic heterocycles. The maximum Gasteiger partial charge on any atom is 0.285 e. The smallest absolute Gasteiger partial charge is 0.285 e. The molecule has 0 amide bonds. The zero-order valence-electron chi connectivity index (χ0n) is 14.8. The largest absolute Gasteiger partial charge is 0.497 e. The van der Waals surface area contributed by atoms with Crippen LogP contribution < -0.4 is 15.0 Å². The molecule has 0 saturated heterocycles. The summed E-state index contributed by atoms with van der Waals surface area (Å²) in [5.74, 6) is 1.78. The number of nitrogens with one attached hydrogen (secondary N) is 2. The summed E-state index contributed by atoms with van der Waals surface area (Å²) < 4.78 is 5.23. The first-order chi connectivity index (χ1) is 12.1. The standard InChI is InChI=1S/C22H22N2O/c1-16-4-8-18(9-5-16)22(23-19-10-6-17(2)7-11-19)24-20-12-14-21(25-3)15-13-20/h4-15H,1-3H3,(H,23,24)/p+1. The van der Waals surface area contributed by atoms with Gasteiger partial charge < -0.3 is 4.74 Å². The Balaban J connectivity index is 1.95. The van der Waals surface area contributed by atoms with Crippen LogP contribution in [-0.4, -0.2) is 12.9 Å². The molecule has 0 aliphatic carbocycles. The van der Waals surface area contributed by atoms with Crippen LogP contribution in [0.3, 0.4) is 0 Å². The molecule has 3 aromatic carbocycles. The first kappa shape index (κ1) is 16.8. The van der Waals surface area contributed by atoms with E-state index in [-0.39, 0.29) is 0 Å². The highest BCUT2D eigenvalue weighted by atomic mass is 16.5. The minimum atomic E-state index is 0.842. The van der Waals surface area contributed by atoms with Crippen LogP contribution in [0.4, 0.5) is 11.4 Å². The maximum absolute atomic E-state index is 5.23. The van der Waals surface area contributed by atoms with Crippen molar-refractivity contribution in [3.05, 3.63) is 89.5 Å². The molecular formula is C22H23N2O+. The first-order valence-electron chi connectivity index (χ1n) is 8.33. The molecule has 0 heterocycles. The van der Waals surface area contributed by atoms with Gasteiger partial charge in [0.2, 0.25) is 0 Å². The van der Waals surface area contributed by atoms with Gasteiger partial charge in [0.05, 0.1) is 12.7 Å². The second kappa shape index (κ2) is 7.67. The predicted octanol–water partition coefficient (Wildman–Crippen LogP) is 3.58. The Morgan fingerprint density at radius 3 is 1.88 bits per heavy atom. The topological polar surface area (TPSA) is 35.2 Å². The SMILES string of the molecule is COc1ccc(NC(=[NH+]c2ccc(C)cc2)c2ccc(C)cc2)cc1. The number of methoxy groups -OCH3 is 1. The molecule has 0 fully saturated rings. The Kier molecular flexibility index (Phi) is 5.14. The molecule has 0 saturated carbocycles. The van der Waals surface area contributed by atoms with E-state index >= 15 is 0 Å². The van der Waals surface area contributed by atoms with Crippen molar-refractivity contribution in [3.8, 4) is 5.75 Å². The Morgan fingerprint density at radius 1 is 0.760 bits per heavy atom. The van der Waals surface area contributed by atoms with E-state index in [2.05, 4.69) is 72.7 Å². The third-order valence-corrected chi connectivity index (χ3v) is 4.02. The molecule has 3 nitrogen and oxygen atoms in total. The van der Waals surface area contributed by atoms with E-state index in [4.69, 9.17) is 4.74 Å². The number of aryl methyl sites for hydroxylation is 2. The van der Waals surface area contributed by atoms with Gasteiger partial charge >= 0.3 is 0 Å². The summed E-state index contributed by atoms with van der Waals surface area (Å²) in [6.07, 6.45) is 0. The number of anilines is 1. The minimum absolute atomic E-state index is 0.842. The lowest BCUT2D eigenvalue weighted by atomic mass is 10.1. The van der Waals surface area contributed by atoms with E-state index in [1.165, 1.54) is 11.1 Å². The van der Waals surface area contributed by atoms with Crippen LogP contribution in [0.1, 0.15) is 16.7 Å². The number of hydrogen-bond acceptors (Lipinski definition) is 1. The van der Waals surface area contributed by atoms with Crippen molar-refractivity contribution < 1.29 is 9.73 Å². The van der Waals surface area contributed by atoms with Gasteiger partial charge in [0.15, 0.2) is 0 Å². The summed E-state index contributed by atoms with van der Waals surface area (Å²) >= 11 is 0. The Labute approximate surface area is 149 Å². The summed E-state index contributed by atoms with van der Waals surface area (Å²) in [7, 11) is 1.67. The second-order valence-electron chi connectivity index (χ2n) is 6.09. The second-order valence-corrected chi connectivity index (χ2v) is 6.09. The molecule has 3 aromatic rings. The number of hydrogen-bond donors (Lipinski definition) is 2. The fourth-order valence-corrected chi connectivity index (χ4v) is 2.50. The van der Waals surface area contributed by atoms with Crippen LogP contribution in [0.5, 0.6) is 5.75 Å². The maximum atomic E-state index is 5.23. The van der Waals surface area contributed by atoms with Gasteiger partial charge in [-0.05, 0) is 62.4 Å². The fourth-order valence-electron chi connectivity index (χ4n) is 2.50. The highest BCUT2D eigenvalue weighted by Crippen LogP contribution is 2.16. The van der Waals surface area contributed by atoms with Gasteiger partial charge in [-0.1, -0.05) is 35.4 Å². The van der Waals surface area contributed by atoms with Crippen molar-refractivity contribution in [2.45, 2.75) is 13.8 Å². The van der Waals surface area contributed by atoms with Crippen molar-refractivity contribution in [1.29, 1.82) is 0 Å². The molecule has 0 bridgehead atoms. The molecule has 0 spiro atoms. The van der Waals surface area contributed by atoms with Crippen molar-refractivity contribution in [2.24, 2.45) is 0 Å². The minimum Gasteiger partial charge on any atom is -0.497 e. The normalized spacial score (nSPS) is 11.2. The Morgan fingerprint density at radius 2 is 1.32 bits per heavy atom. The quantitative estimate of drug-likeness (QED) is 0.566. The molecule has 0 aliphatic rings. The molecule has 0 atom stereocenters. The molecule has 126 valence electrons. The van der Waals surface area contributed by atoms with Crippen LogP contribution in [0.25, 0.3) is 0 Å². The molecule has 3 rings (SSSR count). The van der Waals surface area contributed by atoms with Crippen LogP contribution in [0, 0.1) is 13.8 Å². The first-order valence-corrected chi connectivity index (χ1v) is 8.33. The van der Waals surface area contributed by atoms with E-state index < -0.39 is 0 Å². The van der Waals surface area contributed by atoms with E-state index in [0.29, 0.717) is 0 Å². The number of amidine groups is 1. The lowest BCUT2D eigenvalue weighted by Gasteiger charge is -2.06. The van der Waals surface area contributed by atoms with Gasteiger partial charge in [-0.2, -0.15) is 0 Å². The molecule has 25 heavy (non-hydrogen) atoms. The van der Waals surface area contributed by atoms with Crippen molar-refractivity contribution in [3.63, 3.8) is 0 Å². The number of ether oxygens (including phenoxy) is 1. The van der Waals surface area contributed by atoms with Gasteiger partial charge in [0.1, 0.15) is 17.1 Å². The van der Waals surface area contributed by atoms with Crippen molar-refractivity contribution >= 4 is 17.2 Å². The molecule has 2 N–H and O–H groups in total. The van der Waals surface area contributed by atoms with Gasteiger partial charge in [-0.25, -0.2) is 10.3 Å². The van der Waals surface area contributed by atoms with Crippen LogP contribution in [0.15, 0.2) is 72.8 Å². The van der Waals surface area contributed by atoms with Gasteiger partial charge in [-0.15, -0.1) is 0 Å². The van der Waals surface area contributed by atoms with Gasteiger partial charge in [-0.3, -0.25) is 0 Å². The molecule has 0 radical (unpaired) electrons. The molecule has 0 unspecified atom stereocenters. The fraction of sp³-hybridized carbons (Fsp3) is 0.136. The lowest BCUT2D eigenvalue weighted by Crippen LogP contribution is -2.68. The van der Waals surface area contributed by atoms with E-state index in [1.807, 2.05) is 24.3 Å². The molecular weight excluding hydrogens is 308 g/mol. The predicted molar refractivity (Wildman–Crippen MR) is 104 cm³/mol. The van der Waals surface area contributed by atoms with Crippen molar-refractivity contribution in [1.82, 2.24) is 0 Å². The third-order valence-electron chi connectivity index (χ3n) is 4.02.